The average Bonchev–Trinajstić information content (AvgIpc) is 1.94. The fraction of sp³-hybridized carbons (Fsp3) is 0.909. The Labute approximate surface area is 92.0 Å². The first-order valence-electron chi connectivity index (χ1n) is 5.16. The maximum Gasteiger partial charge on any atom is 0.407 e. The lowest BCUT2D eigenvalue weighted by atomic mass is 9.87. The van der Waals surface area contributed by atoms with E-state index in [0.717, 1.165) is 0 Å². The fourth-order valence-corrected chi connectivity index (χ4v) is 0.986. The van der Waals surface area contributed by atoms with Gasteiger partial charge in [-0.15, -0.1) is 0 Å². The minimum absolute atomic E-state index is 0.0945. The lowest BCUT2D eigenvalue weighted by molar-refractivity contribution is 0.0419. The lowest BCUT2D eigenvalue weighted by Gasteiger charge is -2.30. The van der Waals surface area contributed by atoms with Crippen LogP contribution in [0.5, 0.6) is 0 Å². The summed E-state index contributed by atoms with van der Waals surface area (Å²) in [6.07, 6.45) is -0.489. The predicted molar refractivity (Wildman–Crippen MR) is 59.7 cm³/mol. The zero-order valence-electron chi connectivity index (χ0n) is 10.5. The van der Waals surface area contributed by atoms with Crippen molar-refractivity contribution in [3.05, 3.63) is 0 Å². The molecular formula is C11H23NO3. The third kappa shape index (κ3) is 6.33. The Bertz CT molecular complexity index is 213. The molecule has 0 heterocycles. The molecule has 15 heavy (non-hydrogen) atoms. The van der Waals surface area contributed by atoms with Crippen molar-refractivity contribution in [1.29, 1.82) is 0 Å². The van der Waals surface area contributed by atoms with Gasteiger partial charge in [-0.05, 0) is 26.2 Å². The van der Waals surface area contributed by atoms with Crippen molar-refractivity contribution >= 4 is 6.09 Å². The van der Waals surface area contributed by atoms with Gasteiger partial charge in [0, 0.05) is 0 Å². The van der Waals surface area contributed by atoms with Gasteiger partial charge in [-0.1, -0.05) is 20.8 Å². The van der Waals surface area contributed by atoms with Crippen LogP contribution in [0.1, 0.15) is 41.5 Å². The molecule has 1 unspecified atom stereocenters. The van der Waals surface area contributed by atoms with Crippen LogP contribution in [0.25, 0.3) is 0 Å². The molecule has 1 atom stereocenters. The van der Waals surface area contributed by atoms with Crippen LogP contribution in [0.15, 0.2) is 0 Å². The van der Waals surface area contributed by atoms with Crippen molar-refractivity contribution < 1.29 is 14.6 Å². The number of rotatable bonds is 2. The zero-order valence-corrected chi connectivity index (χ0v) is 10.5. The number of ether oxygens (including phenoxy) is 1. The number of amides is 1. The van der Waals surface area contributed by atoms with Crippen molar-refractivity contribution in [1.82, 2.24) is 5.32 Å². The van der Waals surface area contributed by atoms with Gasteiger partial charge in [0.1, 0.15) is 5.60 Å². The van der Waals surface area contributed by atoms with Crippen LogP contribution < -0.4 is 5.32 Å². The number of nitrogens with one attached hydrogen (secondary N) is 1. The quantitative estimate of drug-likeness (QED) is 0.743. The van der Waals surface area contributed by atoms with Gasteiger partial charge >= 0.3 is 6.09 Å². The molecule has 0 aromatic rings. The van der Waals surface area contributed by atoms with Crippen LogP contribution >= 0.6 is 0 Å². The Morgan fingerprint density at radius 1 is 1.27 bits per heavy atom. The minimum Gasteiger partial charge on any atom is -0.444 e. The molecule has 0 aromatic heterocycles. The topological polar surface area (TPSA) is 58.6 Å². The van der Waals surface area contributed by atoms with E-state index in [9.17, 15) is 4.79 Å². The molecule has 2 N–H and O–H groups in total. The Hall–Kier alpha value is -0.770. The van der Waals surface area contributed by atoms with Gasteiger partial charge in [-0.3, -0.25) is 0 Å². The van der Waals surface area contributed by atoms with Gasteiger partial charge in [0.2, 0.25) is 0 Å². The maximum atomic E-state index is 11.4. The molecule has 4 nitrogen and oxygen atoms in total. The van der Waals surface area contributed by atoms with E-state index in [0.29, 0.717) is 0 Å². The third-order valence-electron chi connectivity index (χ3n) is 1.92. The van der Waals surface area contributed by atoms with Crippen molar-refractivity contribution in [2.45, 2.75) is 53.2 Å². The molecule has 0 aliphatic rings. The van der Waals surface area contributed by atoms with Crippen LogP contribution in [0, 0.1) is 5.41 Å². The second-order valence-corrected chi connectivity index (χ2v) is 5.75. The second kappa shape index (κ2) is 4.84. The molecule has 0 bridgehead atoms. The summed E-state index contributed by atoms with van der Waals surface area (Å²) in [6.45, 7) is 11.2. The smallest absolute Gasteiger partial charge is 0.407 e. The molecule has 0 fully saturated rings. The molecule has 0 aliphatic carbocycles. The summed E-state index contributed by atoms with van der Waals surface area (Å²) < 4.78 is 5.10. The molecule has 0 spiro atoms. The van der Waals surface area contributed by atoms with E-state index in [-0.39, 0.29) is 18.1 Å². The van der Waals surface area contributed by atoms with Crippen molar-refractivity contribution in [2.75, 3.05) is 6.61 Å². The molecular weight excluding hydrogens is 194 g/mol. The highest BCUT2D eigenvalue weighted by molar-refractivity contribution is 5.68. The van der Waals surface area contributed by atoms with Gasteiger partial charge in [0.25, 0.3) is 0 Å². The molecule has 0 rings (SSSR count). The van der Waals surface area contributed by atoms with Gasteiger partial charge in [0.15, 0.2) is 0 Å². The standard InChI is InChI=1S/C11H23NO3/c1-10(2,3)8(7-13)12-9(14)15-11(4,5)6/h8,13H,7H2,1-6H3,(H,12,14). The van der Waals surface area contributed by atoms with Gasteiger partial charge < -0.3 is 15.2 Å². The molecule has 1 amide bonds. The van der Waals surface area contributed by atoms with Crippen LogP contribution in [0.4, 0.5) is 4.79 Å². The first-order chi connectivity index (χ1) is 6.56. The van der Waals surface area contributed by atoms with E-state index in [1.54, 1.807) is 20.8 Å². The normalized spacial score (nSPS) is 14.6. The van der Waals surface area contributed by atoms with Crippen molar-refractivity contribution in [3.8, 4) is 0 Å². The lowest BCUT2D eigenvalue weighted by Crippen LogP contribution is -2.47. The number of carbonyl (C=O) groups excluding carboxylic acids is 1. The predicted octanol–water partition coefficient (Wildman–Crippen LogP) is 1.92. The van der Waals surface area contributed by atoms with E-state index < -0.39 is 11.7 Å². The zero-order chi connectivity index (χ0) is 12.3. The van der Waals surface area contributed by atoms with E-state index in [1.165, 1.54) is 0 Å². The Kier molecular flexibility index (Phi) is 4.59. The summed E-state index contributed by atoms with van der Waals surface area (Å²) in [5.74, 6) is 0. The van der Waals surface area contributed by atoms with Gasteiger partial charge in [0.05, 0.1) is 12.6 Å². The molecule has 0 aliphatic heterocycles. The first-order valence-corrected chi connectivity index (χ1v) is 5.16. The molecule has 0 aromatic carbocycles. The molecule has 0 radical (unpaired) electrons. The second-order valence-electron chi connectivity index (χ2n) is 5.75. The van der Waals surface area contributed by atoms with Crippen LogP contribution in [-0.4, -0.2) is 29.4 Å². The third-order valence-corrected chi connectivity index (χ3v) is 1.92. The number of hydrogen-bond donors (Lipinski definition) is 2. The van der Waals surface area contributed by atoms with Gasteiger partial charge in [-0.25, -0.2) is 4.79 Å². The largest absolute Gasteiger partial charge is 0.444 e. The van der Waals surface area contributed by atoms with E-state index >= 15 is 0 Å². The molecule has 0 saturated carbocycles. The summed E-state index contributed by atoms with van der Waals surface area (Å²) in [5.41, 5.74) is -0.701. The van der Waals surface area contributed by atoms with Gasteiger partial charge in [-0.2, -0.15) is 0 Å². The van der Waals surface area contributed by atoms with Crippen LogP contribution in [0.3, 0.4) is 0 Å². The van der Waals surface area contributed by atoms with Crippen LogP contribution in [-0.2, 0) is 4.74 Å². The Morgan fingerprint density at radius 3 is 2.00 bits per heavy atom. The van der Waals surface area contributed by atoms with E-state index in [2.05, 4.69) is 5.32 Å². The summed E-state index contributed by atoms with van der Waals surface area (Å²) in [4.78, 5) is 11.4. The summed E-state index contributed by atoms with van der Waals surface area (Å²) >= 11 is 0. The summed E-state index contributed by atoms with van der Waals surface area (Å²) in [5, 5.41) is 11.8. The Morgan fingerprint density at radius 2 is 1.73 bits per heavy atom. The number of hydrogen-bond acceptors (Lipinski definition) is 3. The molecule has 4 heteroatoms. The van der Waals surface area contributed by atoms with Crippen molar-refractivity contribution in [3.63, 3.8) is 0 Å². The van der Waals surface area contributed by atoms with E-state index in [1.807, 2.05) is 20.8 Å². The number of carbonyl (C=O) groups is 1. The number of aliphatic hydroxyl groups excluding tert-OH is 1. The minimum atomic E-state index is -0.512. The van der Waals surface area contributed by atoms with Crippen LogP contribution in [0.2, 0.25) is 0 Å². The highest BCUT2D eigenvalue weighted by Gasteiger charge is 2.27. The highest BCUT2D eigenvalue weighted by Crippen LogP contribution is 2.19. The molecule has 90 valence electrons. The first kappa shape index (κ1) is 14.2. The van der Waals surface area contributed by atoms with Crippen molar-refractivity contribution in [2.24, 2.45) is 5.41 Å². The maximum absolute atomic E-state index is 11.4. The summed E-state index contributed by atoms with van der Waals surface area (Å²) in [6, 6.07) is -0.299. The monoisotopic (exact) mass is 217 g/mol. The SMILES string of the molecule is CC(C)(C)OC(=O)NC(CO)C(C)(C)C. The fourth-order valence-electron chi connectivity index (χ4n) is 0.986. The Balaban J connectivity index is 4.27. The summed E-state index contributed by atoms with van der Waals surface area (Å²) in [7, 11) is 0. The molecule has 0 saturated heterocycles. The number of alkyl carbamates (subject to hydrolysis) is 1. The average molecular weight is 217 g/mol. The highest BCUT2D eigenvalue weighted by atomic mass is 16.6. The van der Waals surface area contributed by atoms with E-state index in [4.69, 9.17) is 9.84 Å². The number of aliphatic hydroxyl groups is 1.